The van der Waals surface area contributed by atoms with E-state index in [1.165, 1.54) is 19.3 Å². The molecule has 0 bridgehead atoms. The number of rotatable bonds is 6. The van der Waals surface area contributed by atoms with Crippen LogP contribution in [0.25, 0.3) is 16.9 Å². The molecule has 28 heavy (non-hydrogen) atoms. The molecule has 3 aromatic rings. The maximum absolute atomic E-state index is 14.1. The third kappa shape index (κ3) is 3.51. The van der Waals surface area contributed by atoms with Crippen LogP contribution in [0.1, 0.15) is 25.6 Å². The Morgan fingerprint density at radius 2 is 1.89 bits per heavy atom. The number of benzene rings is 1. The monoisotopic (exact) mass is 396 g/mol. The standard InChI is InChI=1S/C18H16F4N4O2/c1-2-27-18(21,22)16-25-24-15-9-23-14(10-26(15)16)11-3-5-12(6-4-11)28-13-7-17(19,20)8-13/h3-6,9-10,13H,2,7-8H2,1H3. The van der Waals surface area contributed by atoms with Crippen LogP contribution in [-0.4, -0.2) is 38.2 Å². The zero-order valence-corrected chi connectivity index (χ0v) is 14.8. The Labute approximate surface area is 157 Å². The molecule has 148 valence electrons. The lowest BCUT2D eigenvalue weighted by molar-refractivity contribution is -0.251. The van der Waals surface area contributed by atoms with Gasteiger partial charge >= 0.3 is 6.11 Å². The van der Waals surface area contributed by atoms with Gasteiger partial charge in [-0.25, -0.2) is 8.78 Å². The summed E-state index contributed by atoms with van der Waals surface area (Å²) in [5, 5.41) is 7.20. The van der Waals surface area contributed by atoms with Crippen molar-refractivity contribution in [1.82, 2.24) is 19.6 Å². The lowest BCUT2D eigenvalue weighted by atomic mass is 9.91. The van der Waals surface area contributed by atoms with Crippen LogP contribution in [0.15, 0.2) is 36.7 Å². The second-order valence-electron chi connectivity index (χ2n) is 6.50. The van der Waals surface area contributed by atoms with E-state index in [4.69, 9.17) is 4.74 Å². The predicted octanol–water partition coefficient (Wildman–Crippen LogP) is 4.05. The average Bonchev–Trinajstić information content (AvgIpc) is 3.05. The SMILES string of the molecule is CCOC(F)(F)c1nnc2cnc(-c3ccc(OC4CC(F)(F)C4)cc3)cn12. The van der Waals surface area contributed by atoms with Gasteiger partial charge in [-0.3, -0.25) is 9.38 Å². The number of hydrogen-bond donors (Lipinski definition) is 0. The number of aromatic nitrogens is 4. The van der Waals surface area contributed by atoms with Crippen LogP contribution < -0.4 is 4.74 Å². The van der Waals surface area contributed by atoms with Crippen molar-refractivity contribution in [3.8, 4) is 17.0 Å². The molecule has 0 radical (unpaired) electrons. The molecule has 0 saturated heterocycles. The molecule has 1 aliphatic rings. The Morgan fingerprint density at radius 1 is 1.18 bits per heavy atom. The summed E-state index contributed by atoms with van der Waals surface area (Å²) in [5.41, 5.74) is 1.19. The van der Waals surface area contributed by atoms with Gasteiger partial charge < -0.3 is 9.47 Å². The Morgan fingerprint density at radius 3 is 2.54 bits per heavy atom. The van der Waals surface area contributed by atoms with Crippen molar-refractivity contribution in [2.75, 3.05) is 6.61 Å². The smallest absolute Gasteiger partial charge is 0.418 e. The first-order chi connectivity index (χ1) is 13.3. The van der Waals surface area contributed by atoms with Gasteiger partial charge in [0.2, 0.25) is 5.82 Å². The second kappa shape index (κ2) is 6.69. The van der Waals surface area contributed by atoms with Gasteiger partial charge in [-0.15, -0.1) is 10.2 Å². The first-order valence-electron chi connectivity index (χ1n) is 8.65. The van der Waals surface area contributed by atoms with E-state index in [1.54, 1.807) is 24.3 Å². The third-order valence-corrected chi connectivity index (χ3v) is 4.38. The predicted molar refractivity (Wildman–Crippen MR) is 90.3 cm³/mol. The summed E-state index contributed by atoms with van der Waals surface area (Å²) in [5.74, 6) is -2.83. The maximum atomic E-state index is 14.1. The van der Waals surface area contributed by atoms with Crippen LogP contribution in [0.3, 0.4) is 0 Å². The molecular weight excluding hydrogens is 380 g/mol. The summed E-state index contributed by atoms with van der Waals surface area (Å²) in [6.07, 6.45) is -1.96. The van der Waals surface area contributed by atoms with Gasteiger partial charge in [0.05, 0.1) is 18.5 Å². The van der Waals surface area contributed by atoms with E-state index >= 15 is 0 Å². The lowest BCUT2D eigenvalue weighted by Crippen LogP contribution is -2.43. The Hall–Kier alpha value is -2.75. The topological polar surface area (TPSA) is 61.5 Å². The highest BCUT2D eigenvalue weighted by atomic mass is 19.3. The van der Waals surface area contributed by atoms with Crippen LogP contribution in [0, 0.1) is 0 Å². The van der Waals surface area contributed by atoms with E-state index in [1.807, 2.05) is 0 Å². The zero-order valence-electron chi connectivity index (χ0n) is 14.8. The normalized spacial score (nSPS) is 16.9. The quantitative estimate of drug-likeness (QED) is 0.588. The number of nitrogens with zero attached hydrogens (tertiary/aromatic N) is 4. The molecular formula is C18H16F4N4O2. The summed E-state index contributed by atoms with van der Waals surface area (Å²) in [6, 6.07) is 6.59. The molecule has 0 N–H and O–H groups in total. The molecule has 4 rings (SSSR count). The van der Waals surface area contributed by atoms with Crippen LogP contribution in [0.4, 0.5) is 17.6 Å². The minimum Gasteiger partial charge on any atom is -0.490 e. The summed E-state index contributed by atoms with van der Waals surface area (Å²) >= 11 is 0. The number of ether oxygens (including phenoxy) is 2. The highest BCUT2D eigenvalue weighted by Crippen LogP contribution is 2.40. The van der Waals surface area contributed by atoms with Crippen LogP contribution in [-0.2, 0) is 10.8 Å². The summed E-state index contributed by atoms with van der Waals surface area (Å²) in [4.78, 5) is 4.21. The van der Waals surface area contributed by atoms with Crippen molar-refractivity contribution in [3.63, 3.8) is 0 Å². The Balaban J connectivity index is 1.57. The molecule has 2 aromatic heterocycles. The summed E-state index contributed by atoms with van der Waals surface area (Å²) in [6.45, 7) is 1.27. The third-order valence-electron chi connectivity index (χ3n) is 4.38. The molecule has 10 heteroatoms. The van der Waals surface area contributed by atoms with Crippen LogP contribution in [0.2, 0.25) is 0 Å². The van der Waals surface area contributed by atoms with Gasteiger partial charge in [0.25, 0.3) is 5.92 Å². The van der Waals surface area contributed by atoms with Crippen molar-refractivity contribution in [3.05, 3.63) is 42.5 Å². The molecule has 0 aliphatic heterocycles. The molecule has 1 aliphatic carbocycles. The average molecular weight is 396 g/mol. The first-order valence-corrected chi connectivity index (χ1v) is 8.65. The van der Waals surface area contributed by atoms with Crippen molar-refractivity contribution in [2.24, 2.45) is 0 Å². The number of halogens is 4. The second-order valence-corrected chi connectivity index (χ2v) is 6.50. The van der Waals surface area contributed by atoms with E-state index in [0.29, 0.717) is 17.0 Å². The zero-order chi connectivity index (χ0) is 19.9. The van der Waals surface area contributed by atoms with Crippen molar-refractivity contribution in [1.29, 1.82) is 0 Å². The molecule has 1 aromatic carbocycles. The molecule has 6 nitrogen and oxygen atoms in total. The minimum absolute atomic E-state index is 0.156. The number of fused-ring (bicyclic) bond motifs is 1. The molecule has 0 amide bonds. The van der Waals surface area contributed by atoms with Crippen molar-refractivity contribution >= 4 is 5.65 Å². The number of alkyl halides is 4. The summed E-state index contributed by atoms with van der Waals surface area (Å²) in [7, 11) is 0. The minimum atomic E-state index is -3.59. The highest BCUT2D eigenvalue weighted by molar-refractivity contribution is 5.60. The van der Waals surface area contributed by atoms with E-state index < -0.39 is 24.0 Å². The van der Waals surface area contributed by atoms with Crippen molar-refractivity contribution in [2.45, 2.75) is 37.9 Å². The van der Waals surface area contributed by atoms with E-state index in [0.717, 1.165) is 4.40 Å². The number of hydrogen-bond acceptors (Lipinski definition) is 5. The summed E-state index contributed by atoms with van der Waals surface area (Å²) < 4.78 is 65.0. The van der Waals surface area contributed by atoms with Crippen LogP contribution >= 0.6 is 0 Å². The first kappa shape index (κ1) is 18.6. The largest absolute Gasteiger partial charge is 0.490 e. The molecule has 1 saturated carbocycles. The van der Waals surface area contributed by atoms with Crippen molar-refractivity contribution < 1.29 is 27.0 Å². The Bertz CT molecular complexity index is 983. The molecule has 0 unspecified atom stereocenters. The highest BCUT2D eigenvalue weighted by Gasteiger charge is 2.47. The van der Waals surface area contributed by atoms with Gasteiger partial charge in [0, 0.05) is 24.6 Å². The maximum Gasteiger partial charge on any atom is 0.418 e. The van der Waals surface area contributed by atoms with Gasteiger partial charge in [0.15, 0.2) is 5.65 Å². The molecule has 0 spiro atoms. The van der Waals surface area contributed by atoms with E-state index in [-0.39, 0.29) is 25.1 Å². The molecule has 1 fully saturated rings. The van der Waals surface area contributed by atoms with Gasteiger partial charge in [-0.05, 0) is 31.2 Å². The fourth-order valence-corrected chi connectivity index (χ4v) is 2.98. The lowest BCUT2D eigenvalue weighted by Gasteiger charge is -2.34. The fourth-order valence-electron chi connectivity index (χ4n) is 2.98. The van der Waals surface area contributed by atoms with Gasteiger partial charge in [-0.2, -0.15) is 8.78 Å². The van der Waals surface area contributed by atoms with E-state index in [9.17, 15) is 17.6 Å². The van der Waals surface area contributed by atoms with Crippen LogP contribution in [0.5, 0.6) is 5.75 Å². The van der Waals surface area contributed by atoms with Gasteiger partial charge in [0.1, 0.15) is 11.9 Å². The Kier molecular flexibility index (Phi) is 4.45. The molecule has 0 atom stereocenters. The molecule has 2 heterocycles. The van der Waals surface area contributed by atoms with E-state index in [2.05, 4.69) is 19.9 Å². The van der Waals surface area contributed by atoms with Gasteiger partial charge in [-0.1, -0.05) is 0 Å². The fraction of sp³-hybridized carbons (Fsp3) is 0.389.